The lowest BCUT2D eigenvalue weighted by molar-refractivity contribution is -0.143. The van der Waals surface area contributed by atoms with Crippen molar-refractivity contribution in [3.63, 3.8) is 0 Å². The van der Waals surface area contributed by atoms with Crippen molar-refractivity contribution in [2.24, 2.45) is 5.73 Å². The van der Waals surface area contributed by atoms with Crippen LogP contribution in [-0.2, 0) is 9.53 Å². The molecule has 0 aliphatic carbocycles. The summed E-state index contributed by atoms with van der Waals surface area (Å²) in [7, 11) is 1.67. The number of piperidine rings is 1. The molecule has 2 saturated heterocycles. The number of amides is 1. The van der Waals surface area contributed by atoms with Gasteiger partial charge >= 0.3 is 0 Å². The summed E-state index contributed by atoms with van der Waals surface area (Å²) < 4.78 is 11.0. The number of methoxy groups -OCH3 is 1. The van der Waals surface area contributed by atoms with E-state index in [2.05, 4.69) is 5.32 Å². The first-order valence-corrected chi connectivity index (χ1v) is 8.74. The van der Waals surface area contributed by atoms with E-state index in [1.165, 1.54) is 0 Å². The maximum atomic E-state index is 12.5. The minimum absolute atomic E-state index is 0.0474. The fourth-order valence-corrected chi connectivity index (χ4v) is 3.46. The van der Waals surface area contributed by atoms with Crippen molar-refractivity contribution in [2.75, 3.05) is 32.1 Å². The molecule has 1 amide bonds. The first-order chi connectivity index (χ1) is 11.7. The summed E-state index contributed by atoms with van der Waals surface area (Å²) in [5, 5.41) is 3.54. The molecule has 6 nitrogen and oxygen atoms in total. The molecule has 2 fully saturated rings. The predicted octanol–water partition coefficient (Wildman–Crippen LogP) is 1.60. The molecule has 2 atom stereocenters. The molecule has 2 aliphatic heterocycles. The van der Waals surface area contributed by atoms with E-state index >= 15 is 0 Å². The van der Waals surface area contributed by atoms with Crippen LogP contribution in [0.15, 0.2) is 24.3 Å². The number of nitrogens with one attached hydrogen (secondary N) is 1. The topological polar surface area (TPSA) is 76.8 Å². The highest BCUT2D eigenvalue weighted by atomic mass is 16.5. The number of likely N-dealkylation sites (tertiary alicyclic amines) is 1. The Morgan fingerprint density at radius 2 is 2.12 bits per heavy atom. The highest BCUT2D eigenvalue weighted by Gasteiger charge is 2.34. The SMILES string of the molecule is COc1cccc(NC2CCN(C(=O)[C@@H]3CC[C@H](CN)O3)CC2)c1. The molecule has 3 N–H and O–H groups in total. The minimum Gasteiger partial charge on any atom is -0.497 e. The normalized spacial score (nSPS) is 24.8. The Labute approximate surface area is 143 Å². The third-order valence-electron chi connectivity index (χ3n) is 4.89. The summed E-state index contributed by atoms with van der Waals surface area (Å²) >= 11 is 0. The van der Waals surface area contributed by atoms with Crippen molar-refractivity contribution >= 4 is 11.6 Å². The van der Waals surface area contributed by atoms with Gasteiger partial charge in [-0.05, 0) is 37.8 Å². The third kappa shape index (κ3) is 3.99. The van der Waals surface area contributed by atoms with Gasteiger partial charge in [-0.2, -0.15) is 0 Å². The molecular weight excluding hydrogens is 306 g/mol. The van der Waals surface area contributed by atoms with Gasteiger partial charge < -0.3 is 25.4 Å². The quantitative estimate of drug-likeness (QED) is 0.856. The van der Waals surface area contributed by atoms with Crippen LogP contribution in [0.1, 0.15) is 25.7 Å². The van der Waals surface area contributed by atoms with Gasteiger partial charge in [0.2, 0.25) is 0 Å². The molecule has 1 aromatic rings. The first-order valence-electron chi connectivity index (χ1n) is 8.74. The van der Waals surface area contributed by atoms with Gasteiger partial charge in [0.1, 0.15) is 11.9 Å². The zero-order valence-corrected chi connectivity index (χ0v) is 14.2. The van der Waals surface area contributed by atoms with Crippen LogP contribution in [0, 0.1) is 0 Å². The van der Waals surface area contributed by atoms with Crippen molar-refractivity contribution in [1.82, 2.24) is 4.90 Å². The average Bonchev–Trinajstić information content (AvgIpc) is 3.11. The number of carbonyl (C=O) groups excluding carboxylic acids is 1. The molecule has 2 aliphatic rings. The van der Waals surface area contributed by atoms with Crippen molar-refractivity contribution in [1.29, 1.82) is 0 Å². The highest BCUT2D eigenvalue weighted by Crippen LogP contribution is 2.24. The van der Waals surface area contributed by atoms with Gasteiger partial charge in [0.15, 0.2) is 0 Å². The lowest BCUT2D eigenvalue weighted by atomic mass is 10.0. The van der Waals surface area contributed by atoms with E-state index in [-0.39, 0.29) is 18.1 Å². The molecule has 0 unspecified atom stereocenters. The number of hydrogen-bond acceptors (Lipinski definition) is 5. The number of benzene rings is 1. The largest absolute Gasteiger partial charge is 0.497 e. The number of nitrogens with two attached hydrogens (primary N) is 1. The van der Waals surface area contributed by atoms with Crippen LogP contribution in [0.4, 0.5) is 5.69 Å². The van der Waals surface area contributed by atoms with Crippen molar-refractivity contribution in [3.8, 4) is 5.75 Å². The van der Waals surface area contributed by atoms with Crippen molar-refractivity contribution in [3.05, 3.63) is 24.3 Å². The number of ether oxygens (including phenoxy) is 2. The summed E-state index contributed by atoms with van der Waals surface area (Å²) in [6, 6.07) is 8.33. The van der Waals surface area contributed by atoms with Crippen LogP contribution >= 0.6 is 0 Å². The Kier molecular flexibility index (Phi) is 5.58. The van der Waals surface area contributed by atoms with Crippen LogP contribution in [0.25, 0.3) is 0 Å². The molecular formula is C18H27N3O3. The second-order valence-electron chi connectivity index (χ2n) is 6.54. The zero-order valence-electron chi connectivity index (χ0n) is 14.2. The Balaban J connectivity index is 1.48. The third-order valence-corrected chi connectivity index (χ3v) is 4.89. The summed E-state index contributed by atoms with van der Waals surface area (Å²) in [6.07, 6.45) is 3.32. The van der Waals surface area contributed by atoms with Gasteiger partial charge in [0.05, 0.1) is 13.2 Å². The van der Waals surface area contributed by atoms with Gasteiger partial charge in [0, 0.05) is 37.4 Å². The Morgan fingerprint density at radius 1 is 1.33 bits per heavy atom. The Hall–Kier alpha value is -1.79. The molecule has 0 aromatic heterocycles. The average molecular weight is 333 g/mol. The minimum atomic E-state index is -0.290. The monoisotopic (exact) mass is 333 g/mol. The molecule has 0 bridgehead atoms. The molecule has 1 aromatic carbocycles. The zero-order chi connectivity index (χ0) is 16.9. The fourth-order valence-electron chi connectivity index (χ4n) is 3.46. The van der Waals surface area contributed by atoms with Gasteiger partial charge in [-0.15, -0.1) is 0 Å². The predicted molar refractivity (Wildman–Crippen MR) is 93.2 cm³/mol. The molecule has 0 saturated carbocycles. The molecule has 6 heteroatoms. The van der Waals surface area contributed by atoms with E-state index in [9.17, 15) is 4.79 Å². The van der Waals surface area contributed by atoms with Gasteiger partial charge in [-0.1, -0.05) is 6.07 Å². The summed E-state index contributed by atoms with van der Waals surface area (Å²) in [6.45, 7) is 2.04. The van der Waals surface area contributed by atoms with Crippen LogP contribution in [0.3, 0.4) is 0 Å². The smallest absolute Gasteiger partial charge is 0.251 e. The number of nitrogens with zero attached hydrogens (tertiary/aromatic N) is 1. The van der Waals surface area contributed by atoms with E-state index in [0.717, 1.165) is 50.2 Å². The highest BCUT2D eigenvalue weighted by molar-refractivity contribution is 5.81. The summed E-state index contributed by atoms with van der Waals surface area (Å²) in [4.78, 5) is 14.5. The van der Waals surface area contributed by atoms with Gasteiger partial charge in [-0.25, -0.2) is 0 Å². The van der Waals surface area contributed by atoms with E-state index in [1.54, 1.807) is 7.11 Å². The molecule has 132 valence electrons. The van der Waals surface area contributed by atoms with Crippen LogP contribution in [0.5, 0.6) is 5.75 Å². The molecule has 0 radical (unpaired) electrons. The van der Waals surface area contributed by atoms with E-state index in [0.29, 0.717) is 12.6 Å². The van der Waals surface area contributed by atoms with Crippen molar-refractivity contribution < 1.29 is 14.3 Å². The lowest BCUT2D eigenvalue weighted by Gasteiger charge is -2.34. The Bertz CT molecular complexity index is 558. The van der Waals surface area contributed by atoms with E-state index < -0.39 is 0 Å². The number of rotatable bonds is 5. The Morgan fingerprint density at radius 3 is 2.79 bits per heavy atom. The van der Waals surface area contributed by atoms with E-state index in [1.807, 2.05) is 29.2 Å². The molecule has 3 rings (SSSR count). The van der Waals surface area contributed by atoms with Crippen LogP contribution in [0.2, 0.25) is 0 Å². The molecule has 24 heavy (non-hydrogen) atoms. The number of hydrogen-bond donors (Lipinski definition) is 2. The second kappa shape index (κ2) is 7.85. The molecule has 0 spiro atoms. The van der Waals surface area contributed by atoms with Gasteiger partial charge in [-0.3, -0.25) is 4.79 Å². The number of anilines is 1. The maximum absolute atomic E-state index is 12.5. The van der Waals surface area contributed by atoms with Crippen molar-refractivity contribution in [2.45, 2.75) is 43.9 Å². The van der Waals surface area contributed by atoms with Crippen LogP contribution in [-0.4, -0.2) is 55.8 Å². The van der Waals surface area contributed by atoms with Gasteiger partial charge in [0.25, 0.3) is 5.91 Å². The maximum Gasteiger partial charge on any atom is 0.251 e. The standard InChI is InChI=1S/C18H27N3O3/c1-23-15-4-2-3-14(11-15)20-13-7-9-21(10-8-13)18(22)17-6-5-16(12-19)24-17/h2-4,11,13,16-17,20H,5-10,12,19H2,1H3/t16-,17+/m1/s1. The molecule has 2 heterocycles. The summed E-state index contributed by atoms with van der Waals surface area (Å²) in [5.74, 6) is 0.978. The number of carbonyl (C=O) groups is 1. The van der Waals surface area contributed by atoms with E-state index in [4.69, 9.17) is 15.2 Å². The van der Waals surface area contributed by atoms with Crippen LogP contribution < -0.4 is 15.8 Å². The second-order valence-corrected chi connectivity index (χ2v) is 6.54. The fraction of sp³-hybridized carbons (Fsp3) is 0.611. The first kappa shape index (κ1) is 17.0. The lowest BCUT2D eigenvalue weighted by Crippen LogP contribution is -2.46. The summed E-state index contributed by atoms with van der Waals surface area (Å²) in [5.41, 5.74) is 6.68.